The predicted molar refractivity (Wildman–Crippen MR) is 110 cm³/mol. The summed E-state index contributed by atoms with van der Waals surface area (Å²) in [6.07, 6.45) is 2.22. The number of nitrogens with two attached hydrogens (primary N) is 1. The summed E-state index contributed by atoms with van der Waals surface area (Å²) < 4.78 is 5.84. The van der Waals surface area contributed by atoms with E-state index < -0.39 is 0 Å². The van der Waals surface area contributed by atoms with Gasteiger partial charge in [0.05, 0.1) is 0 Å². The van der Waals surface area contributed by atoms with Crippen molar-refractivity contribution in [3.8, 4) is 5.75 Å². The standard InChI is InChI=1S/C21H23ClN2O2.ClH/c22-17-5-1-3-14(9-17)13-26-18-6-2-4-15(10-18)21(25)24-11-16-7-8-20(23)19(16)12-24;/h1-6,9-10,16,19-20H,7-8,11-13,23H2;1H. The largest absolute Gasteiger partial charge is 0.489 e. The molecule has 3 atom stereocenters. The number of likely N-dealkylation sites (tertiary alicyclic amines) is 1. The zero-order chi connectivity index (χ0) is 18.1. The van der Waals surface area contributed by atoms with Crippen LogP contribution in [0, 0.1) is 11.8 Å². The molecule has 0 spiro atoms. The van der Waals surface area contributed by atoms with Crippen molar-refractivity contribution in [3.63, 3.8) is 0 Å². The highest BCUT2D eigenvalue weighted by molar-refractivity contribution is 6.30. The van der Waals surface area contributed by atoms with Crippen molar-refractivity contribution in [2.24, 2.45) is 17.6 Å². The van der Waals surface area contributed by atoms with Crippen LogP contribution in [-0.2, 0) is 6.61 Å². The van der Waals surface area contributed by atoms with Gasteiger partial charge < -0.3 is 15.4 Å². The van der Waals surface area contributed by atoms with Crippen LogP contribution in [0.4, 0.5) is 0 Å². The molecule has 2 aliphatic rings. The van der Waals surface area contributed by atoms with E-state index in [1.54, 1.807) is 0 Å². The quantitative estimate of drug-likeness (QED) is 0.829. The second-order valence-corrected chi connectivity index (χ2v) is 7.76. The highest BCUT2D eigenvalue weighted by atomic mass is 35.5. The molecule has 1 amide bonds. The van der Waals surface area contributed by atoms with Gasteiger partial charge in [0.25, 0.3) is 5.91 Å². The molecule has 1 aliphatic heterocycles. The molecule has 4 nitrogen and oxygen atoms in total. The summed E-state index contributed by atoms with van der Waals surface area (Å²) in [5.74, 6) is 1.78. The van der Waals surface area contributed by atoms with E-state index in [0.29, 0.717) is 34.8 Å². The lowest BCUT2D eigenvalue weighted by Crippen LogP contribution is -2.33. The zero-order valence-corrected chi connectivity index (χ0v) is 16.6. The van der Waals surface area contributed by atoms with Crippen molar-refractivity contribution in [1.29, 1.82) is 0 Å². The van der Waals surface area contributed by atoms with Gasteiger partial charge in [-0.2, -0.15) is 0 Å². The fourth-order valence-corrected chi connectivity index (χ4v) is 4.38. The lowest BCUT2D eigenvalue weighted by atomic mass is 9.98. The Balaban J connectivity index is 0.00000210. The van der Waals surface area contributed by atoms with Gasteiger partial charge in [0, 0.05) is 29.7 Å². The first-order chi connectivity index (χ1) is 12.6. The summed E-state index contributed by atoms with van der Waals surface area (Å²) in [5, 5.41) is 0.688. The lowest BCUT2D eigenvalue weighted by molar-refractivity contribution is 0.0779. The molecular weight excluding hydrogens is 383 g/mol. The van der Waals surface area contributed by atoms with E-state index >= 15 is 0 Å². The van der Waals surface area contributed by atoms with Crippen LogP contribution in [0.2, 0.25) is 5.02 Å². The van der Waals surface area contributed by atoms with Crippen LogP contribution in [0.5, 0.6) is 5.75 Å². The average Bonchev–Trinajstić information content (AvgIpc) is 3.22. The van der Waals surface area contributed by atoms with Gasteiger partial charge >= 0.3 is 0 Å². The van der Waals surface area contributed by atoms with Gasteiger partial charge in [0.15, 0.2) is 0 Å². The van der Waals surface area contributed by atoms with Gasteiger partial charge in [-0.3, -0.25) is 4.79 Å². The molecule has 144 valence electrons. The van der Waals surface area contributed by atoms with E-state index in [1.165, 1.54) is 0 Å². The lowest BCUT2D eigenvalue weighted by Gasteiger charge is -2.19. The number of amides is 1. The van der Waals surface area contributed by atoms with E-state index in [0.717, 1.165) is 31.5 Å². The normalized spacial score (nSPS) is 23.6. The van der Waals surface area contributed by atoms with E-state index in [4.69, 9.17) is 22.1 Å². The number of halogens is 2. The van der Waals surface area contributed by atoms with Crippen molar-refractivity contribution in [2.45, 2.75) is 25.5 Å². The maximum atomic E-state index is 12.9. The fourth-order valence-electron chi connectivity index (χ4n) is 4.17. The number of hydrogen-bond acceptors (Lipinski definition) is 3. The molecule has 1 aliphatic carbocycles. The molecule has 2 fully saturated rings. The van der Waals surface area contributed by atoms with Crippen molar-refractivity contribution in [1.82, 2.24) is 4.90 Å². The molecule has 4 rings (SSSR count). The first-order valence-corrected chi connectivity index (χ1v) is 9.50. The van der Waals surface area contributed by atoms with Gasteiger partial charge in [-0.1, -0.05) is 29.8 Å². The minimum atomic E-state index is 0. The van der Waals surface area contributed by atoms with Crippen LogP contribution in [0.1, 0.15) is 28.8 Å². The summed E-state index contributed by atoms with van der Waals surface area (Å²) in [4.78, 5) is 14.8. The van der Waals surface area contributed by atoms with Crippen LogP contribution in [-0.4, -0.2) is 29.9 Å². The number of benzene rings is 2. The van der Waals surface area contributed by atoms with E-state index in [9.17, 15) is 4.79 Å². The zero-order valence-electron chi connectivity index (χ0n) is 15.0. The number of ether oxygens (including phenoxy) is 1. The molecule has 27 heavy (non-hydrogen) atoms. The monoisotopic (exact) mass is 406 g/mol. The number of hydrogen-bond donors (Lipinski definition) is 1. The molecule has 1 saturated carbocycles. The van der Waals surface area contributed by atoms with Gasteiger partial charge in [-0.25, -0.2) is 0 Å². The molecule has 1 saturated heterocycles. The third kappa shape index (κ3) is 4.40. The van der Waals surface area contributed by atoms with E-state index in [2.05, 4.69) is 0 Å². The molecular formula is C21H24Cl2N2O2. The Hall–Kier alpha value is -1.75. The Kier molecular flexibility index (Phi) is 6.30. The molecule has 0 aromatic heterocycles. The Morgan fingerprint density at radius 3 is 2.74 bits per heavy atom. The summed E-state index contributed by atoms with van der Waals surface area (Å²) in [5.41, 5.74) is 7.85. The Bertz CT molecular complexity index is 814. The molecule has 0 radical (unpaired) electrons. The highest BCUT2D eigenvalue weighted by Gasteiger charge is 2.42. The van der Waals surface area contributed by atoms with Gasteiger partial charge in [0.1, 0.15) is 12.4 Å². The van der Waals surface area contributed by atoms with Crippen LogP contribution in [0.3, 0.4) is 0 Å². The first kappa shape index (κ1) is 20.0. The third-order valence-electron chi connectivity index (χ3n) is 5.58. The number of carbonyl (C=O) groups excluding carboxylic acids is 1. The van der Waals surface area contributed by atoms with Crippen LogP contribution in [0.25, 0.3) is 0 Å². The summed E-state index contributed by atoms with van der Waals surface area (Å²) in [7, 11) is 0. The SMILES string of the molecule is Cl.NC1CCC2CN(C(=O)c3cccc(OCc4cccc(Cl)c4)c3)CC12. The minimum Gasteiger partial charge on any atom is -0.489 e. The smallest absolute Gasteiger partial charge is 0.254 e. The summed E-state index contributed by atoms with van der Waals surface area (Å²) in [6, 6.07) is 15.2. The Labute approximate surface area is 171 Å². The molecule has 2 aromatic rings. The van der Waals surface area contributed by atoms with Gasteiger partial charge in [-0.05, 0) is 60.6 Å². The van der Waals surface area contributed by atoms with E-state index in [1.807, 2.05) is 53.4 Å². The van der Waals surface area contributed by atoms with Crippen LogP contribution < -0.4 is 10.5 Å². The average molecular weight is 407 g/mol. The molecule has 2 N–H and O–H groups in total. The van der Waals surface area contributed by atoms with Crippen molar-refractivity contribution in [2.75, 3.05) is 13.1 Å². The van der Waals surface area contributed by atoms with Crippen molar-refractivity contribution >= 4 is 29.9 Å². The maximum Gasteiger partial charge on any atom is 0.254 e. The summed E-state index contributed by atoms with van der Waals surface area (Å²) in [6.45, 7) is 2.02. The van der Waals surface area contributed by atoms with Gasteiger partial charge in [0.2, 0.25) is 0 Å². The molecule has 3 unspecified atom stereocenters. The van der Waals surface area contributed by atoms with Crippen LogP contribution >= 0.6 is 24.0 Å². The number of rotatable bonds is 4. The number of nitrogens with zero attached hydrogens (tertiary/aromatic N) is 1. The topological polar surface area (TPSA) is 55.6 Å². The minimum absolute atomic E-state index is 0. The van der Waals surface area contributed by atoms with Crippen LogP contribution in [0.15, 0.2) is 48.5 Å². The molecule has 0 bridgehead atoms. The highest BCUT2D eigenvalue weighted by Crippen LogP contribution is 2.37. The maximum absolute atomic E-state index is 12.9. The van der Waals surface area contributed by atoms with Crippen molar-refractivity contribution in [3.05, 3.63) is 64.7 Å². The fraction of sp³-hybridized carbons (Fsp3) is 0.381. The van der Waals surface area contributed by atoms with Crippen molar-refractivity contribution < 1.29 is 9.53 Å². The number of carbonyl (C=O) groups is 1. The Morgan fingerprint density at radius 2 is 1.96 bits per heavy atom. The molecule has 6 heteroatoms. The first-order valence-electron chi connectivity index (χ1n) is 9.12. The summed E-state index contributed by atoms with van der Waals surface area (Å²) >= 11 is 6.00. The van der Waals surface area contributed by atoms with E-state index in [-0.39, 0.29) is 24.4 Å². The molecule has 2 aromatic carbocycles. The molecule has 1 heterocycles. The number of fused-ring (bicyclic) bond motifs is 1. The van der Waals surface area contributed by atoms with Gasteiger partial charge in [-0.15, -0.1) is 12.4 Å². The second kappa shape index (κ2) is 8.51. The predicted octanol–water partition coefficient (Wildman–Crippen LogP) is 4.15. The third-order valence-corrected chi connectivity index (χ3v) is 5.81. The Morgan fingerprint density at radius 1 is 1.15 bits per heavy atom. The second-order valence-electron chi connectivity index (χ2n) is 7.32.